The van der Waals surface area contributed by atoms with Crippen molar-refractivity contribution in [2.24, 2.45) is 5.92 Å². The fourth-order valence-corrected chi connectivity index (χ4v) is 4.35. The zero-order valence-corrected chi connectivity index (χ0v) is 22.4. The second-order valence-corrected chi connectivity index (χ2v) is 9.90. The molecule has 1 unspecified atom stereocenters. The van der Waals surface area contributed by atoms with Gasteiger partial charge in [-0.3, -0.25) is 9.59 Å². The predicted octanol–water partition coefficient (Wildman–Crippen LogP) is 4.68. The monoisotopic (exact) mass is 513 g/mol. The number of fused-ring (bicyclic) bond motifs is 1. The van der Waals surface area contributed by atoms with E-state index in [0.29, 0.717) is 23.7 Å². The van der Waals surface area contributed by atoms with Crippen LogP contribution in [0.15, 0.2) is 72.8 Å². The fourth-order valence-electron chi connectivity index (χ4n) is 4.35. The molecule has 38 heavy (non-hydrogen) atoms. The van der Waals surface area contributed by atoms with E-state index in [1.54, 1.807) is 16.7 Å². The van der Waals surface area contributed by atoms with Gasteiger partial charge in [0.2, 0.25) is 11.8 Å². The summed E-state index contributed by atoms with van der Waals surface area (Å²) in [5.41, 5.74) is 4.15. The van der Waals surface area contributed by atoms with Crippen LogP contribution in [-0.2, 0) is 22.7 Å². The highest BCUT2D eigenvalue weighted by Gasteiger charge is 2.32. The van der Waals surface area contributed by atoms with E-state index in [1.807, 2.05) is 79.7 Å². The predicted molar refractivity (Wildman–Crippen MR) is 147 cm³/mol. The maximum atomic E-state index is 14.0. The van der Waals surface area contributed by atoms with Gasteiger partial charge in [-0.1, -0.05) is 73.2 Å². The number of aromatic nitrogens is 3. The molecule has 1 N–H and O–H groups in total. The summed E-state index contributed by atoms with van der Waals surface area (Å²) in [7, 11) is 1.61. The number of amides is 2. The molecular formula is C30H35N5O3. The molecule has 8 nitrogen and oxygen atoms in total. The first kappa shape index (κ1) is 26.9. The van der Waals surface area contributed by atoms with Gasteiger partial charge < -0.3 is 15.0 Å². The number of benzene rings is 3. The van der Waals surface area contributed by atoms with Gasteiger partial charge in [0, 0.05) is 13.1 Å². The van der Waals surface area contributed by atoms with Crippen LogP contribution in [0, 0.1) is 12.8 Å². The zero-order chi connectivity index (χ0) is 27.1. The Hall–Kier alpha value is -4.20. The minimum atomic E-state index is -0.823. The van der Waals surface area contributed by atoms with Gasteiger partial charge in [0.15, 0.2) is 0 Å². The molecule has 1 atom stereocenters. The van der Waals surface area contributed by atoms with Crippen LogP contribution >= 0.6 is 0 Å². The van der Waals surface area contributed by atoms with Gasteiger partial charge in [0.05, 0.1) is 12.6 Å². The lowest BCUT2D eigenvalue weighted by atomic mass is 10.0. The lowest BCUT2D eigenvalue weighted by Crippen LogP contribution is -2.45. The first-order valence-corrected chi connectivity index (χ1v) is 12.9. The summed E-state index contributed by atoms with van der Waals surface area (Å²) in [6.45, 7) is 6.94. The van der Waals surface area contributed by atoms with E-state index in [2.05, 4.69) is 29.5 Å². The standard InChI is InChI=1S/C30H35N5O3/c1-21(2)16-17-31-30(37)29(24-14-12-22(3)13-15-24)34(19-23-8-7-9-25(18-23)38-4)28(36)20-35-27-11-6-5-10-26(27)32-33-35/h5-15,18,21,29H,16-17,19-20H2,1-4H3,(H,31,37). The molecule has 3 aromatic carbocycles. The number of nitrogens with zero attached hydrogens (tertiary/aromatic N) is 4. The smallest absolute Gasteiger partial charge is 0.247 e. The third-order valence-electron chi connectivity index (χ3n) is 6.49. The number of rotatable bonds is 11. The maximum absolute atomic E-state index is 14.0. The highest BCUT2D eigenvalue weighted by Crippen LogP contribution is 2.26. The van der Waals surface area contributed by atoms with Gasteiger partial charge in [0.25, 0.3) is 0 Å². The molecule has 2 amide bonds. The normalized spacial score (nSPS) is 11.9. The van der Waals surface area contributed by atoms with Gasteiger partial charge in [-0.05, 0) is 54.7 Å². The van der Waals surface area contributed by atoms with Crippen molar-refractivity contribution in [2.75, 3.05) is 13.7 Å². The van der Waals surface area contributed by atoms with E-state index in [0.717, 1.165) is 28.6 Å². The molecule has 4 rings (SSSR count). The number of carbonyl (C=O) groups excluding carboxylic acids is 2. The van der Waals surface area contributed by atoms with Crippen molar-refractivity contribution in [1.82, 2.24) is 25.2 Å². The van der Waals surface area contributed by atoms with Gasteiger partial charge >= 0.3 is 0 Å². The lowest BCUT2D eigenvalue weighted by Gasteiger charge is -2.32. The first-order valence-electron chi connectivity index (χ1n) is 12.9. The molecule has 1 aromatic heterocycles. The van der Waals surface area contributed by atoms with Crippen molar-refractivity contribution < 1.29 is 14.3 Å². The van der Waals surface area contributed by atoms with Crippen LogP contribution in [0.3, 0.4) is 0 Å². The van der Waals surface area contributed by atoms with Crippen LogP contribution in [0.4, 0.5) is 0 Å². The summed E-state index contributed by atoms with van der Waals surface area (Å²) < 4.78 is 6.99. The molecule has 0 spiro atoms. The number of ether oxygens (including phenoxy) is 1. The Balaban J connectivity index is 1.72. The molecule has 1 heterocycles. The highest BCUT2D eigenvalue weighted by atomic mass is 16.5. The molecule has 4 aromatic rings. The summed E-state index contributed by atoms with van der Waals surface area (Å²) >= 11 is 0. The Kier molecular flexibility index (Phi) is 8.73. The lowest BCUT2D eigenvalue weighted by molar-refractivity contribution is -0.142. The molecule has 0 aliphatic rings. The topological polar surface area (TPSA) is 89.3 Å². The average Bonchev–Trinajstić information content (AvgIpc) is 3.32. The van der Waals surface area contributed by atoms with Gasteiger partial charge in [0.1, 0.15) is 23.9 Å². The van der Waals surface area contributed by atoms with Crippen LogP contribution in [0.2, 0.25) is 0 Å². The second kappa shape index (κ2) is 12.4. The molecule has 0 aliphatic carbocycles. The van der Waals surface area contributed by atoms with Crippen molar-refractivity contribution >= 4 is 22.8 Å². The number of carbonyl (C=O) groups is 2. The maximum Gasteiger partial charge on any atom is 0.247 e. The number of methoxy groups -OCH3 is 1. The Morgan fingerprint density at radius 2 is 1.79 bits per heavy atom. The quantitative estimate of drug-likeness (QED) is 0.315. The molecule has 198 valence electrons. The van der Waals surface area contributed by atoms with Crippen molar-refractivity contribution in [3.8, 4) is 5.75 Å². The van der Waals surface area contributed by atoms with Crippen LogP contribution in [-0.4, -0.2) is 45.4 Å². The van der Waals surface area contributed by atoms with E-state index in [1.165, 1.54) is 0 Å². The number of hydrogen-bond donors (Lipinski definition) is 1. The highest BCUT2D eigenvalue weighted by molar-refractivity contribution is 5.89. The van der Waals surface area contributed by atoms with E-state index in [4.69, 9.17) is 4.74 Å². The molecule has 0 aliphatic heterocycles. The van der Waals surface area contributed by atoms with Crippen molar-refractivity contribution in [2.45, 2.75) is 46.3 Å². The Bertz CT molecular complexity index is 1380. The summed E-state index contributed by atoms with van der Waals surface area (Å²) in [6.07, 6.45) is 0.848. The number of aryl methyl sites for hydroxylation is 1. The van der Waals surface area contributed by atoms with Gasteiger partial charge in [-0.25, -0.2) is 4.68 Å². The van der Waals surface area contributed by atoms with Crippen molar-refractivity contribution in [3.05, 3.63) is 89.5 Å². The van der Waals surface area contributed by atoms with Crippen LogP contribution in [0.25, 0.3) is 11.0 Å². The fraction of sp³-hybridized carbons (Fsp3) is 0.333. The number of para-hydroxylation sites is 1. The van der Waals surface area contributed by atoms with Gasteiger partial charge in [-0.15, -0.1) is 5.10 Å². The van der Waals surface area contributed by atoms with E-state index < -0.39 is 6.04 Å². The largest absolute Gasteiger partial charge is 0.497 e. The Morgan fingerprint density at radius 3 is 2.53 bits per heavy atom. The second-order valence-electron chi connectivity index (χ2n) is 9.90. The molecule has 0 fully saturated rings. The average molecular weight is 514 g/mol. The molecule has 8 heteroatoms. The number of nitrogens with one attached hydrogen (secondary N) is 1. The molecule has 0 saturated carbocycles. The van der Waals surface area contributed by atoms with E-state index in [9.17, 15) is 9.59 Å². The zero-order valence-electron chi connectivity index (χ0n) is 22.4. The molecule has 0 radical (unpaired) electrons. The first-order chi connectivity index (χ1) is 18.4. The van der Waals surface area contributed by atoms with Crippen molar-refractivity contribution in [1.29, 1.82) is 0 Å². The van der Waals surface area contributed by atoms with Crippen molar-refractivity contribution in [3.63, 3.8) is 0 Å². The van der Waals surface area contributed by atoms with E-state index in [-0.39, 0.29) is 24.9 Å². The summed E-state index contributed by atoms with van der Waals surface area (Å²) in [4.78, 5) is 29.4. The van der Waals surface area contributed by atoms with E-state index >= 15 is 0 Å². The summed E-state index contributed by atoms with van der Waals surface area (Å²) in [6, 6.07) is 22.0. The number of hydrogen-bond acceptors (Lipinski definition) is 5. The molecule has 0 saturated heterocycles. The summed E-state index contributed by atoms with van der Waals surface area (Å²) in [5.74, 6) is 0.677. The minimum Gasteiger partial charge on any atom is -0.497 e. The van der Waals surface area contributed by atoms with Crippen LogP contribution in [0.1, 0.15) is 43.0 Å². The minimum absolute atomic E-state index is 0.0495. The third-order valence-corrected chi connectivity index (χ3v) is 6.49. The third kappa shape index (κ3) is 6.56. The van der Waals surface area contributed by atoms with Crippen LogP contribution < -0.4 is 10.1 Å². The SMILES string of the molecule is COc1cccc(CN(C(=O)Cn2nnc3ccccc32)C(C(=O)NCCC(C)C)c2ccc(C)cc2)c1. The molecular weight excluding hydrogens is 478 g/mol. The van der Waals surface area contributed by atoms with Gasteiger partial charge in [-0.2, -0.15) is 0 Å². The Morgan fingerprint density at radius 1 is 1.03 bits per heavy atom. The molecule has 0 bridgehead atoms. The summed E-state index contributed by atoms with van der Waals surface area (Å²) in [5, 5.41) is 11.5. The Labute approximate surface area is 223 Å². The van der Waals surface area contributed by atoms with Crippen LogP contribution in [0.5, 0.6) is 5.75 Å².